The van der Waals surface area contributed by atoms with Crippen LogP contribution in [0.25, 0.3) is 0 Å². The molecule has 2 aromatic rings. The lowest BCUT2D eigenvalue weighted by Crippen LogP contribution is -2.33. The number of benzene rings is 1. The smallest absolute Gasteiger partial charge is 0.227 e. The molecule has 1 fully saturated rings. The first-order valence-corrected chi connectivity index (χ1v) is 7.79. The van der Waals surface area contributed by atoms with Crippen molar-refractivity contribution in [2.24, 2.45) is 0 Å². The highest BCUT2D eigenvalue weighted by atomic mass is 19.2. The third-order valence-electron chi connectivity index (χ3n) is 4.54. The van der Waals surface area contributed by atoms with Gasteiger partial charge in [0, 0.05) is 17.8 Å². The van der Waals surface area contributed by atoms with Gasteiger partial charge >= 0.3 is 0 Å². The van der Waals surface area contributed by atoms with E-state index in [0.29, 0.717) is 12.0 Å². The van der Waals surface area contributed by atoms with Crippen LogP contribution in [0, 0.1) is 25.5 Å². The average Bonchev–Trinajstić information content (AvgIpc) is 3.07. The maximum atomic E-state index is 13.5. The lowest BCUT2D eigenvalue weighted by Gasteiger charge is -2.25. The number of aliphatic hydroxyl groups excluding tert-OH is 1. The highest BCUT2D eigenvalue weighted by molar-refractivity contribution is 5.80. The molecule has 2 N–H and O–H groups in total. The van der Waals surface area contributed by atoms with Crippen LogP contribution in [0.2, 0.25) is 0 Å². The minimum absolute atomic E-state index is 0.154. The summed E-state index contributed by atoms with van der Waals surface area (Å²) in [5.74, 6) is -2.06. The molecule has 1 aromatic heterocycles. The summed E-state index contributed by atoms with van der Waals surface area (Å²) in [7, 11) is 0. The van der Waals surface area contributed by atoms with E-state index in [-0.39, 0.29) is 18.9 Å². The van der Waals surface area contributed by atoms with E-state index >= 15 is 0 Å². The summed E-state index contributed by atoms with van der Waals surface area (Å²) < 4.78 is 26.7. The molecule has 3 rings (SSSR count). The lowest BCUT2D eigenvalue weighted by molar-refractivity contribution is -0.131. The zero-order valence-corrected chi connectivity index (χ0v) is 13.5. The first kappa shape index (κ1) is 16.6. The molecule has 0 radical (unpaired) electrons. The topological polar surface area (TPSA) is 69.2 Å². The summed E-state index contributed by atoms with van der Waals surface area (Å²) in [6.45, 7) is 3.84. The Morgan fingerprint density at radius 3 is 2.75 bits per heavy atom. The van der Waals surface area contributed by atoms with E-state index in [1.165, 1.54) is 11.0 Å². The largest absolute Gasteiger partial charge is 0.391 e. The van der Waals surface area contributed by atoms with Gasteiger partial charge in [-0.1, -0.05) is 6.07 Å². The molecule has 128 valence electrons. The summed E-state index contributed by atoms with van der Waals surface area (Å²) in [5.41, 5.74) is 2.89. The second kappa shape index (κ2) is 6.32. The van der Waals surface area contributed by atoms with Crippen LogP contribution >= 0.6 is 0 Å². The van der Waals surface area contributed by atoms with Gasteiger partial charge in [0.1, 0.15) is 0 Å². The molecule has 1 saturated heterocycles. The number of nitrogens with zero attached hydrogens (tertiary/aromatic N) is 2. The number of hydrogen-bond acceptors (Lipinski definition) is 3. The van der Waals surface area contributed by atoms with Crippen LogP contribution < -0.4 is 0 Å². The number of nitrogens with one attached hydrogen (secondary N) is 1. The van der Waals surface area contributed by atoms with Gasteiger partial charge in [0.2, 0.25) is 5.91 Å². The molecule has 0 unspecified atom stereocenters. The van der Waals surface area contributed by atoms with Crippen molar-refractivity contribution in [1.82, 2.24) is 15.1 Å². The van der Waals surface area contributed by atoms with Gasteiger partial charge < -0.3 is 10.0 Å². The lowest BCUT2D eigenvalue weighted by atomic mass is 10.0. The molecule has 7 heteroatoms. The number of aryl methyl sites for hydroxylation is 2. The molecule has 5 nitrogen and oxygen atoms in total. The molecule has 2 heterocycles. The fourth-order valence-corrected chi connectivity index (χ4v) is 3.21. The first-order valence-electron chi connectivity index (χ1n) is 7.79. The maximum absolute atomic E-state index is 13.5. The molecule has 0 spiro atoms. The Bertz CT molecular complexity index is 756. The Labute approximate surface area is 138 Å². The van der Waals surface area contributed by atoms with E-state index in [9.17, 15) is 18.7 Å². The second-order valence-corrected chi connectivity index (χ2v) is 6.21. The fourth-order valence-electron chi connectivity index (χ4n) is 3.21. The third-order valence-corrected chi connectivity index (χ3v) is 4.54. The molecule has 0 aliphatic carbocycles. The summed E-state index contributed by atoms with van der Waals surface area (Å²) >= 11 is 0. The number of H-pyrrole nitrogens is 1. The average molecular weight is 335 g/mol. The number of aromatic nitrogens is 2. The number of amides is 1. The molecule has 0 bridgehead atoms. The van der Waals surface area contributed by atoms with Crippen molar-refractivity contribution in [1.29, 1.82) is 0 Å². The van der Waals surface area contributed by atoms with E-state index in [1.807, 2.05) is 13.8 Å². The van der Waals surface area contributed by atoms with Crippen molar-refractivity contribution in [3.63, 3.8) is 0 Å². The normalized spacial score (nSPS) is 20.6. The molecule has 1 aliphatic heterocycles. The molecule has 1 amide bonds. The predicted octanol–water partition coefficient (Wildman–Crippen LogP) is 2.18. The summed E-state index contributed by atoms with van der Waals surface area (Å²) in [4.78, 5) is 14.2. The number of carbonyl (C=O) groups is 1. The number of likely N-dealkylation sites (tertiary alicyclic amines) is 1. The molecule has 1 aliphatic rings. The monoisotopic (exact) mass is 335 g/mol. The minimum atomic E-state index is -0.956. The number of halogens is 2. The quantitative estimate of drug-likeness (QED) is 0.903. The van der Waals surface area contributed by atoms with Crippen LogP contribution in [0.3, 0.4) is 0 Å². The van der Waals surface area contributed by atoms with Gasteiger partial charge in [0.25, 0.3) is 0 Å². The van der Waals surface area contributed by atoms with E-state index in [1.54, 1.807) is 0 Å². The zero-order valence-electron chi connectivity index (χ0n) is 13.5. The van der Waals surface area contributed by atoms with Crippen LogP contribution in [-0.4, -0.2) is 38.8 Å². The summed E-state index contributed by atoms with van der Waals surface area (Å²) in [6.07, 6.45) is -0.222. The summed E-state index contributed by atoms with van der Waals surface area (Å²) in [6, 6.07) is 3.13. The number of rotatable bonds is 3. The van der Waals surface area contributed by atoms with E-state index in [4.69, 9.17) is 0 Å². The highest BCUT2D eigenvalue weighted by Crippen LogP contribution is 2.33. The van der Waals surface area contributed by atoms with Crippen molar-refractivity contribution in [2.45, 2.75) is 38.8 Å². The number of aromatic amines is 1. The number of β-amino-alcohol motifs (C(OH)–C–C–N with tert-alkyl or cyclic N) is 1. The molecule has 1 aromatic carbocycles. The molecule has 0 saturated carbocycles. The van der Waals surface area contributed by atoms with Crippen LogP contribution in [0.4, 0.5) is 8.78 Å². The Morgan fingerprint density at radius 2 is 2.12 bits per heavy atom. The number of carbonyl (C=O) groups excluding carboxylic acids is 1. The second-order valence-electron chi connectivity index (χ2n) is 6.21. The van der Waals surface area contributed by atoms with Gasteiger partial charge in [0.15, 0.2) is 11.6 Å². The molecular formula is C17H19F2N3O2. The zero-order chi connectivity index (χ0) is 17.4. The number of hydrogen-bond donors (Lipinski definition) is 2. The van der Waals surface area contributed by atoms with Gasteiger partial charge in [-0.05, 0) is 38.0 Å². The van der Waals surface area contributed by atoms with E-state index < -0.39 is 23.8 Å². The Morgan fingerprint density at radius 1 is 1.38 bits per heavy atom. The SMILES string of the molecule is Cc1n[nH]c(C)c1CC(=O)N1C[C@@H](O)C[C@@H]1c1ccc(F)c(F)c1. The van der Waals surface area contributed by atoms with Crippen LogP contribution in [0.15, 0.2) is 18.2 Å². The van der Waals surface area contributed by atoms with Gasteiger partial charge in [-0.15, -0.1) is 0 Å². The number of aliphatic hydroxyl groups is 1. The van der Waals surface area contributed by atoms with Crippen molar-refractivity contribution >= 4 is 5.91 Å². The van der Waals surface area contributed by atoms with Crippen molar-refractivity contribution in [2.75, 3.05) is 6.54 Å². The maximum Gasteiger partial charge on any atom is 0.227 e. The van der Waals surface area contributed by atoms with Gasteiger partial charge in [-0.3, -0.25) is 9.89 Å². The minimum Gasteiger partial charge on any atom is -0.391 e. The van der Waals surface area contributed by atoms with Crippen molar-refractivity contribution in [3.8, 4) is 0 Å². The summed E-state index contributed by atoms with van der Waals surface area (Å²) in [5, 5.41) is 16.9. The molecule has 24 heavy (non-hydrogen) atoms. The van der Waals surface area contributed by atoms with Gasteiger partial charge in [-0.25, -0.2) is 8.78 Å². The molecule has 2 atom stereocenters. The van der Waals surface area contributed by atoms with Crippen LogP contribution in [0.1, 0.15) is 35.0 Å². The van der Waals surface area contributed by atoms with Crippen LogP contribution in [0.5, 0.6) is 0 Å². The van der Waals surface area contributed by atoms with Gasteiger partial charge in [-0.2, -0.15) is 5.10 Å². The Hall–Kier alpha value is -2.28. The highest BCUT2D eigenvalue weighted by Gasteiger charge is 2.35. The standard InChI is InChI=1S/C17H19F2N3O2/c1-9-13(10(2)21-20-9)7-17(24)22-8-12(23)6-16(22)11-3-4-14(18)15(19)5-11/h3-5,12,16,23H,6-8H2,1-2H3,(H,20,21)/t12-,16+/m0/s1. The van der Waals surface area contributed by atoms with Crippen LogP contribution in [-0.2, 0) is 11.2 Å². The predicted molar refractivity (Wildman–Crippen MR) is 83.2 cm³/mol. The molecular weight excluding hydrogens is 316 g/mol. The Kier molecular flexibility index (Phi) is 4.36. The van der Waals surface area contributed by atoms with E-state index in [0.717, 1.165) is 29.1 Å². The van der Waals surface area contributed by atoms with Crippen molar-refractivity contribution < 1.29 is 18.7 Å². The first-order chi connectivity index (χ1) is 11.4. The Balaban J connectivity index is 1.84. The fraction of sp³-hybridized carbons (Fsp3) is 0.412. The van der Waals surface area contributed by atoms with Crippen molar-refractivity contribution in [3.05, 3.63) is 52.3 Å². The van der Waals surface area contributed by atoms with Gasteiger partial charge in [0.05, 0.1) is 24.3 Å². The third kappa shape index (κ3) is 3.03. The van der Waals surface area contributed by atoms with E-state index in [2.05, 4.69) is 10.2 Å².